The van der Waals surface area contributed by atoms with E-state index in [-0.39, 0.29) is 11.9 Å². The van der Waals surface area contributed by atoms with Gasteiger partial charge in [0.15, 0.2) is 0 Å². The Kier molecular flexibility index (Phi) is 5.07. The summed E-state index contributed by atoms with van der Waals surface area (Å²) in [7, 11) is 0. The third-order valence-corrected chi connectivity index (χ3v) is 4.88. The van der Waals surface area contributed by atoms with E-state index in [0.717, 1.165) is 24.1 Å². The molecular weight excluding hydrogens is 364 g/mol. The molecule has 1 saturated heterocycles. The Bertz CT molecular complexity index is 911. The van der Waals surface area contributed by atoms with E-state index in [4.69, 9.17) is 16.1 Å². The number of aromatic nitrogens is 2. The van der Waals surface area contributed by atoms with Crippen LogP contribution < -0.4 is 5.32 Å². The van der Waals surface area contributed by atoms with E-state index in [1.165, 1.54) is 0 Å². The van der Waals surface area contributed by atoms with Crippen LogP contribution in [0.15, 0.2) is 59.1 Å². The summed E-state index contributed by atoms with van der Waals surface area (Å²) in [5, 5.41) is 7.63. The molecule has 1 fully saturated rings. The molecule has 0 radical (unpaired) electrons. The lowest BCUT2D eigenvalue weighted by atomic mass is 9.98. The Morgan fingerprint density at radius 2 is 1.93 bits per heavy atom. The van der Waals surface area contributed by atoms with Gasteiger partial charge in [-0.05, 0) is 37.1 Å². The first kappa shape index (κ1) is 17.5. The average molecular weight is 383 g/mol. The van der Waals surface area contributed by atoms with Crippen LogP contribution in [0.1, 0.15) is 24.7 Å². The Hall–Kier alpha value is -2.86. The van der Waals surface area contributed by atoms with Gasteiger partial charge in [-0.2, -0.15) is 4.98 Å². The number of halogens is 1. The van der Waals surface area contributed by atoms with E-state index in [1.54, 1.807) is 29.2 Å². The van der Waals surface area contributed by atoms with Gasteiger partial charge in [-0.15, -0.1) is 0 Å². The number of nitrogens with zero attached hydrogens (tertiary/aromatic N) is 3. The Morgan fingerprint density at radius 3 is 2.70 bits per heavy atom. The molecule has 1 N–H and O–H groups in total. The lowest BCUT2D eigenvalue weighted by Crippen LogP contribution is -2.41. The van der Waals surface area contributed by atoms with Crippen LogP contribution >= 0.6 is 11.6 Å². The van der Waals surface area contributed by atoms with E-state index < -0.39 is 0 Å². The Labute approximate surface area is 162 Å². The van der Waals surface area contributed by atoms with Gasteiger partial charge in [0.1, 0.15) is 0 Å². The molecule has 0 bridgehead atoms. The van der Waals surface area contributed by atoms with E-state index in [1.807, 2.05) is 30.3 Å². The lowest BCUT2D eigenvalue weighted by Gasteiger charge is -2.31. The SMILES string of the molecule is O=C(Nc1ccc(Cl)cc1)N1CCCC(c2nc(-c3ccccc3)no2)C1. The van der Waals surface area contributed by atoms with Crippen LogP contribution in [0, 0.1) is 0 Å². The molecule has 1 aromatic heterocycles. The van der Waals surface area contributed by atoms with Gasteiger partial charge >= 0.3 is 6.03 Å². The summed E-state index contributed by atoms with van der Waals surface area (Å²) in [5.74, 6) is 1.20. The third-order valence-electron chi connectivity index (χ3n) is 4.63. The second-order valence-corrected chi connectivity index (χ2v) is 6.98. The summed E-state index contributed by atoms with van der Waals surface area (Å²) in [5.41, 5.74) is 1.64. The van der Waals surface area contributed by atoms with Crippen molar-refractivity contribution in [1.29, 1.82) is 0 Å². The van der Waals surface area contributed by atoms with Crippen LogP contribution in [-0.4, -0.2) is 34.2 Å². The maximum atomic E-state index is 12.6. The molecule has 6 nitrogen and oxygen atoms in total. The fourth-order valence-electron chi connectivity index (χ4n) is 3.20. The van der Waals surface area contributed by atoms with Crippen molar-refractivity contribution in [2.75, 3.05) is 18.4 Å². The van der Waals surface area contributed by atoms with Gasteiger partial charge < -0.3 is 14.7 Å². The number of anilines is 1. The number of carbonyl (C=O) groups is 1. The molecule has 1 unspecified atom stereocenters. The fourth-order valence-corrected chi connectivity index (χ4v) is 3.33. The second kappa shape index (κ2) is 7.80. The molecule has 2 amide bonds. The first-order chi connectivity index (χ1) is 13.2. The molecular formula is C20H19ClN4O2. The lowest BCUT2D eigenvalue weighted by molar-refractivity contribution is 0.184. The number of likely N-dealkylation sites (tertiary alicyclic amines) is 1. The maximum absolute atomic E-state index is 12.6. The molecule has 138 valence electrons. The zero-order valence-electron chi connectivity index (χ0n) is 14.6. The minimum Gasteiger partial charge on any atom is -0.339 e. The Morgan fingerprint density at radius 1 is 1.15 bits per heavy atom. The Balaban J connectivity index is 1.43. The van der Waals surface area contributed by atoms with Crippen LogP contribution in [0.4, 0.5) is 10.5 Å². The number of benzene rings is 2. The monoisotopic (exact) mass is 382 g/mol. The van der Waals surface area contributed by atoms with Crippen molar-refractivity contribution in [3.05, 3.63) is 65.5 Å². The van der Waals surface area contributed by atoms with Crippen molar-refractivity contribution >= 4 is 23.3 Å². The van der Waals surface area contributed by atoms with Gasteiger partial charge in [-0.25, -0.2) is 4.79 Å². The molecule has 1 aliphatic rings. The number of urea groups is 1. The maximum Gasteiger partial charge on any atom is 0.321 e. The molecule has 1 aliphatic heterocycles. The number of nitrogens with one attached hydrogen (secondary N) is 1. The predicted octanol–water partition coefficient (Wildman–Crippen LogP) is 4.80. The molecule has 2 heterocycles. The number of rotatable bonds is 3. The molecule has 0 spiro atoms. The molecule has 7 heteroatoms. The second-order valence-electron chi connectivity index (χ2n) is 6.54. The molecule has 1 atom stereocenters. The van der Waals surface area contributed by atoms with Crippen LogP contribution in [-0.2, 0) is 0 Å². The summed E-state index contributed by atoms with van der Waals surface area (Å²) < 4.78 is 5.48. The van der Waals surface area contributed by atoms with Gasteiger partial charge in [0.2, 0.25) is 11.7 Å². The molecule has 2 aromatic carbocycles. The summed E-state index contributed by atoms with van der Waals surface area (Å²) >= 11 is 5.88. The van der Waals surface area contributed by atoms with E-state index in [9.17, 15) is 4.79 Å². The van der Waals surface area contributed by atoms with Crippen molar-refractivity contribution in [2.45, 2.75) is 18.8 Å². The van der Waals surface area contributed by atoms with Gasteiger partial charge in [0.05, 0.1) is 5.92 Å². The number of hydrogen-bond donors (Lipinski definition) is 1. The molecule has 4 rings (SSSR count). The number of amides is 2. The van der Waals surface area contributed by atoms with Gasteiger partial charge in [0.25, 0.3) is 0 Å². The van der Waals surface area contributed by atoms with Crippen molar-refractivity contribution < 1.29 is 9.32 Å². The summed E-state index contributed by atoms with van der Waals surface area (Å²) in [4.78, 5) is 18.9. The largest absolute Gasteiger partial charge is 0.339 e. The first-order valence-electron chi connectivity index (χ1n) is 8.89. The molecule has 3 aromatic rings. The van der Waals surface area contributed by atoms with E-state index >= 15 is 0 Å². The van der Waals surface area contributed by atoms with Crippen LogP contribution in [0.2, 0.25) is 5.02 Å². The molecule has 0 aliphatic carbocycles. The fraction of sp³-hybridized carbons (Fsp3) is 0.250. The van der Waals surface area contributed by atoms with Crippen LogP contribution in [0.3, 0.4) is 0 Å². The average Bonchev–Trinajstić information content (AvgIpc) is 3.21. The highest BCUT2D eigenvalue weighted by molar-refractivity contribution is 6.30. The quantitative estimate of drug-likeness (QED) is 0.706. The van der Waals surface area contributed by atoms with Gasteiger partial charge in [0, 0.05) is 29.4 Å². The zero-order valence-corrected chi connectivity index (χ0v) is 15.4. The van der Waals surface area contributed by atoms with Crippen molar-refractivity contribution in [1.82, 2.24) is 15.0 Å². The topological polar surface area (TPSA) is 71.3 Å². The van der Waals surface area contributed by atoms with Crippen molar-refractivity contribution in [2.24, 2.45) is 0 Å². The van der Waals surface area contributed by atoms with Crippen molar-refractivity contribution in [3.63, 3.8) is 0 Å². The summed E-state index contributed by atoms with van der Waals surface area (Å²) in [6.45, 7) is 1.26. The van der Waals surface area contributed by atoms with Crippen molar-refractivity contribution in [3.8, 4) is 11.4 Å². The minimum atomic E-state index is -0.134. The standard InChI is InChI=1S/C20H19ClN4O2/c21-16-8-10-17(11-9-16)22-20(26)25-12-4-7-15(13-25)19-23-18(24-27-19)14-5-2-1-3-6-14/h1-3,5-6,8-11,15H,4,7,12-13H2,(H,22,26). The van der Waals surface area contributed by atoms with Crippen LogP contribution in [0.25, 0.3) is 11.4 Å². The number of carbonyl (C=O) groups excluding carboxylic acids is 1. The normalized spacial score (nSPS) is 16.9. The summed E-state index contributed by atoms with van der Waals surface area (Å²) in [6.07, 6.45) is 1.81. The zero-order chi connectivity index (χ0) is 18.6. The minimum absolute atomic E-state index is 0.0414. The third kappa shape index (κ3) is 4.11. The smallest absolute Gasteiger partial charge is 0.321 e. The van der Waals surface area contributed by atoms with Gasteiger partial charge in [-0.3, -0.25) is 0 Å². The molecule has 27 heavy (non-hydrogen) atoms. The highest BCUT2D eigenvalue weighted by Gasteiger charge is 2.28. The molecule has 0 saturated carbocycles. The number of piperidine rings is 1. The summed E-state index contributed by atoms with van der Waals surface area (Å²) in [6, 6.07) is 16.6. The number of hydrogen-bond acceptors (Lipinski definition) is 4. The van der Waals surface area contributed by atoms with Crippen LogP contribution in [0.5, 0.6) is 0 Å². The van der Waals surface area contributed by atoms with E-state index in [2.05, 4.69) is 15.5 Å². The predicted molar refractivity (Wildman–Crippen MR) is 104 cm³/mol. The highest BCUT2D eigenvalue weighted by atomic mass is 35.5. The highest BCUT2D eigenvalue weighted by Crippen LogP contribution is 2.28. The van der Waals surface area contributed by atoms with E-state index in [0.29, 0.717) is 29.8 Å². The van der Waals surface area contributed by atoms with Gasteiger partial charge in [-0.1, -0.05) is 47.1 Å². The first-order valence-corrected chi connectivity index (χ1v) is 9.27.